The number of aliphatic hydroxyl groups excluding tert-OH is 1. The van der Waals surface area contributed by atoms with Crippen LogP contribution < -0.4 is 4.90 Å². The topological polar surface area (TPSA) is 41.3 Å². The van der Waals surface area contributed by atoms with E-state index >= 15 is 0 Å². The van der Waals surface area contributed by atoms with Crippen LogP contribution in [0, 0.1) is 0 Å². The number of aliphatic hydroxyl groups is 1. The minimum atomic E-state index is -0.649. The van der Waals surface area contributed by atoms with E-state index in [1.807, 2.05) is 16.8 Å². The Hall–Kier alpha value is -1.81. The summed E-state index contributed by atoms with van der Waals surface area (Å²) in [5, 5.41) is 10.7. The van der Waals surface area contributed by atoms with Crippen LogP contribution in [-0.4, -0.2) is 28.3 Å². The zero-order chi connectivity index (χ0) is 14.8. The first kappa shape index (κ1) is 14.1. The molecule has 1 N–H and O–H groups in total. The lowest BCUT2D eigenvalue weighted by Gasteiger charge is -2.28. The number of hydrogen-bond donors (Lipinski definition) is 1. The molecule has 0 bridgehead atoms. The number of imidazole rings is 1. The van der Waals surface area contributed by atoms with E-state index < -0.39 is 6.10 Å². The number of anilines is 1. The van der Waals surface area contributed by atoms with E-state index in [0.29, 0.717) is 0 Å². The lowest BCUT2D eigenvalue weighted by molar-refractivity contribution is 0.204. The fourth-order valence-corrected chi connectivity index (χ4v) is 3.12. The summed E-state index contributed by atoms with van der Waals surface area (Å²) in [6, 6.07) is 6.29. The third-order valence-electron chi connectivity index (χ3n) is 4.23. The molecule has 0 fully saturated rings. The van der Waals surface area contributed by atoms with Gasteiger partial charge in [0, 0.05) is 38.2 Å². The highest BCUT2D eigenvalue weighted by molar-refractivity contribution is 5.56. The predicted molar refractivity (Wildman–Crippen MR) is 84.6 cm³/mol. The molecule has 0 amide bonds. The molecule has 0 saturated carbocycles. The van der Waals surface area contributed by atoms with Crippen molar-refractivity contribution in [1.82, 2.24) is 9.55 Å². The molecule has 4 heteroatoms. The Balaban J connectivity index is 1.91. The highest BCUT2D eigenvalue weighted by Crippen LogP contribution is 2.30. The van der Waals surface area contributed by atoms with Crippen molar-refractivity contribution in [1.29, 1.82) is 0 Å². The van der Waals surface area contributed by atoms with E-state index in [-0.39, 0.29) is 0 Å². The minimum absolute atomic E-state index is 0.649. The smallest absolute Gasteiger partial charge is 0.142 e. The average Bonchev–Trinajstić information content (AvgIpc) is 2.95. The summed E-state index contributed by atoms with van der Waals surface area (Å²) >= 11 is 0. The first-order chi connectivity index (χ1) is 10.2. The van der Waals surface area contributed by atoms with E-state index in [2.05, 4.69) is 36.0 Å². The zero-order valence-electron chi connectivity index (χ0n) is 12.8. The number of aryl methyl sites for hydroxylation is 2. The fraction of sp³-hybridized carbons (Fsp3) is 0.471. The first-order valence-corrected chi connectivity index (χ1v) is 7.73. The Bertz CT molecular complexity index is 620. The van der Waals surface area contributed by atoms with E-state index in [1.54, 1.807) is 6.20 Å². The van der Waals surface area contributed by atoms with Gasteiger partial charge >= 0.3 is 0 Å². The molecule has 3 rings (SSSR count). The summed E-state index contributed by atoms with van der Waals surface area (Å²) in [4.78, 5) is 6.63. The van der Waals surface area contributed by atoms with Gasteiger partial charge in [-0.1, -0.05) is 19.1 Å². The maximum Gasteiger partial charge on any atom is 0.142 e. The van der Waals surface area contributed by atoms with Gasteiger partial charge in [0.1, 0.15) is 11.9 Å². The molecule has 112 valence electrons. The average molecular weight is 285 g/mol. The Kier molecular flexibility index (Phi) is 3.97. The largest absolute Gasteiger partial charge is 0.380 e. The summed E-state index contributed by atoms with van der Waals surface area (Å²) in [5.41, 5.74) is 3.55. The van der Waals surface area contributed by atoms with Crippen LogP contribution in [0.2, 0.25) is 0 Å². The van der Waals surface area contributed by atoms with Crippen LogP contribution in [-0.2, 0) is 13.0 Å². The Morgan fingerprint density at radius 3 is 3.05 bits per heavy atom. The van der Waals surface area contributed by atoms with Crippen molar-refractivity contribution in [2.45, 2.75) is 38.8 Å². The van der Waals surface area contributed by atoms with Gasteiger partial charge in [0.15, 0.2) is 0 Å². The number of fused-ring (bicyclic) bond motifs is 1. The van der Waals surface area contributed by atoms with Gasteiger partial charge in [0.2, 0.25) is 0 Å². The summed E-state index contributed by atoms with van der Waals surface area (Å²) in [6.45, 7) is 4.13. The van der Waals surface area contributed by atoms with Crippen LogP contribution >= 0.6 is 0 Å². The minimum Gasteiger partial charge on any atom is -0.380 e. The monoisotopic (exact) mass is 285 g/mol. The molecule has 1 aliphatic rings. The molecule has 1 aromatic carbocycles. The molecular weight excluding hydrogens is 262 g/mol. The molecule has 0 aliphatic carbocycles. The summed E-state index contributed by atoms with van der Waals surface area (Å²) in [6.07, 6.45) is 6.35. The van der Waals surface area contributed by atoms with Crippen molar-refractivity contribution in [2.24, 2.45) is 0 Å². The van der Waals surface area contributed by atoms with Crippen LogP contribution in [0.25, 0.3) is 0 Å². The summed E-state index contributed by atoms with van der Waals surface area (Å²) in [7, 11) is 2.13. The summed E-state index contributed by atoms with van der Waals surface area (Å²) < 4.78 is 2.04. The van der Waals surface area contributed by atoms with Gasteiger partial charge in [-0.2, -0.15) is 0 Å². The second-order valence-electron chi connectivity index (χ2n) is 5.79. The predicted octanol–water partition coefficient (Wildman–Crippen LogP) is 2.76. The molecule has 21 heavy (non-hydrogen) atoms. The van der Waals surface area contributed by atoms with E-state index in [9.17, 15) is 5.11 Å². The zero-order valence-corrected chi connectivity index (χ0v) is 12.8. The Labute approximate surface area is 126 Å². The van der Waals surface area contributed by atoms with Crippen molar-refractivity contribution in [2.75, 3.05) is 18.5 Å². The third kappa shape index (κ3) is 2.68. The fourth-order valence-electron chi connectivity index (χ4n) is 3.12. The number of hydrogen-bond acceptors (Lipinski definition) is 3. The van der Waals surface area contributed by atoms with Crippen LogP contribution in [0.3, 0.4) is 0 Å². The van der Waals surface area contributed by atoms with Gasteiger partial charge in [-0.15, -0.1) is 0 Å². The van der Waals surface area contributed by atoms with Crippen LogP contribution in [0.4, 0.5) is 5.69 Å². The van der Waals surface area contributed by atoms with Crippen LogP contribution in [0.5, 0.6) is 0 Å². The molecule has 2 heterocycles. The van der Waals surface area contributed by atoms with Crippen molar-refractivity contribution >= 4 is 5.69 Å². The molecule has 1 aromatic heterocycles. The molecule has 1 aliphatic heterocycles. The van der Waals surface area contributed by atoms with Crippen molar-refractivity contribution < 1.29 is 5.11 Å². The Morgan fingerprint density at radius 1 is 1.38 bits per heavy atom. The molecule has 4 nitrogen and oxygen atoms in total. The first-order valence-electron chi connectivity index (χ1n) is 7.73. The normalized spacial score (nSPS) is 15.9. The Morgan fingerprint density at radius 2 is 2.24 bits per heavy atom. The van der Waals surface area contributed by atoms with Crippen molar-refractivity contribution in [3.05, 3.63) is 47.5 Å². The van der Waals surface area contributed by atoms with Gasteiger partial charge in [-0.3, -0.25) is 0 Å². The molecule has 1 atom stereocenters. The maximum atomic E-state index is 10.7. The SMILES string of the molecule is CCCn1ccnc1C(O)c1ccc2c(c1)CCCN2C. The standard InChI is InChI=1S/C17H23N3O/c1-3-9-20-11-8-18-17(20)16(21)14-6-7-15-13(12-14)5-4-10-19(15)2/h6-8,11-12,16,21H,3-5,9-10H2,1-2H3. The second kappa shape index (κ2) is 5.90. The number of benzene rings is 1. The molecule has 0 radical (unpaired) electrons. The van der Waals surface area contributed by atoms with Gasteiger partial charge in [-0.25, -0.2) is 4.98 Å². The van der Waals surface area contributed by atoms with E-state index in [1.165, 1.54) is 17.7 Å². The third-order valence-corrected chi connectivity index (χ3v) is 4.23. The molecule has 1 unspecified atom stereocenters. The number of aromatic nitrogens is 2. The van der Waals surface area contributed by atoms with Gasteiger partial charge in [-0.05, 0) is 36.5 Å². The van der Waals surface area contributed by atoms with E-state index in [0.717, 1.165) is 37.3 Å². The maximum absolute atomic E-state index is 10.7. The lowest BCUT2D eigenvalue weighted by atomic mass is 9.97. The van der Waals surface area contributed by atoms with Crippen LogP contribution in [0.15, 0.2) is 30.6 Å². The van der Waals surface area contributed by atoms with Crippen LogP contribution in [0.1, 0.15) is 42.8 Å². The molecular formula is C17H23N3O. The highest BCUT2D eigenvalue weighted by Gasteiger charge is 2.19. The van der Waals surface area contributed by atoms with Crippen molar-refractivity contribution in [3.63, 3.8) is 0 Å². The molecule has 2 aromatic rings. The van der Waals surface area contributed by atoms with Gasteiger partial charge in [0.05, 0.1) is 0 Å². The lowest BCUT2D eigenvalue weighted by Crippen LogP contribution is -2.24. The van der Waals surface area contributed by atoms with Gasteiger partial charge < -0.3 is 14.6 Å². The molecule has 0 saturated heterocycles. The quantitative estimate of drug-likeness (QED) is 0.939. The molecule has 0 spiro atoms. The number of nitrogens with zero attached hydrogens (tertiary/aromatic N) is 3. The van der Waals surface area contributed by atoms with E-state index in [4.69, 9.17) is 0 Å². The van der Waals surface area contributed by atoms with Crippen molar-refractivity contribution in [3.8, 4) is 0 Å². The highest BCUT2D eigenvalue weighted by atomic mass is 16.3. The van der Waals surface area contributed by atoms with Gasteiger partial charge in [0.25, 0.3) is 0 Å². The summed E-state index contributed by atoms with van der Waals surface area (Å²) in [5.74, 6) is 0.737. The second-order valence-corrected chi connectivity index (χ2v) is 5.79. The number of rotatable bonds is 4.